The Morgan fingerprint density at radius 1 is 1.63 bits per heavy atom. The number of rotatable bonds is 8. The summed E-state index contributed by atoms with van der Waals surface area (Å²) in [6, 6.07) is 0.748. The van der Waals surface area contributed by atoms with Crippen molar-refractivity contribution < 1.29 is 4.79 Å². The van der Waals surface area contributed by atoms with Gasteiger partial charge in [0, 0.05) is 30.9 Å². The Morgan fingerprint density at radius 2 is 2.42 bits per heavy atom. The van der Waals surface area contributed by atoms with Gasteiger partial charge in [-0.2, -0.15) is 0 Å². The molecule has 1 amide bonds. The summed E-state index contributed by atoms with van der Waals surface area (Å²) in [7, 11) is 0. The van der Waals surface area contributed by atoms with Gasteiger partial charge in [-0.25, -0.2) is 4.98 Å². The quantitative estimate of drug-likeness (QED) is 0.742. The second-order valence-corrected chi connectivity index (χ2v) is 5.72. The van der Waals surface area contributed by atoms with Crippen molar-refractivity contribution in [3.05, 3.63) is 16.1 Å². The van der Waals surface area contributed by atoms with Gasteiger partial charge in [-0.15, -0.1) is 11.3 Å². The molecule has 1 fully saturated rings. The van der Waals surface area contributed by atoms with Crippen LogP contribution in [0.25, 0.3) is 0 Å². The number of likely N-dealkylation sites (N-methyl/N-ethyl adjacent to an activating group) is 1. The predicted molar refractivity (Wildman–Crippen MR) is 77.5 cm³/mol. The van der Waals surface area contributed by atoms with E-state index in [0.717, 1.165) is 30.6 Å². The van der Waals surface area contributed by atoms with Gasteiger partial charge < -0.3 is 11.1 Å². The summed E-state index contributed by atoms with van der Waals surface area (Å²) in [5.41, 5.74) is 5.99. The lowest BCUT2D eigenvalue weighted by molar-refractivity contribution is 0.0943. The summed E-state index contributed by atoms with van der Waals surface area (Å²) in [4.78, 5) is 18.6. The summed E-state index contributed by atoms with van der Waals surface area (Å²) in [5.74, 6) is -0.0774. The molecule has 0 radical (unpaired) electrons. The fourth-order valence-electron chi connectivity index (χ4n) is 2.10. The van der Waals surface area contributed by atoms with E-state index in [1.807, 2.05) is 0 Å². The fourth-order valence-corrected chi connectivity index (χ4v) is 2.89. The van der Waals surface area contributed by atoms with Crippen LogP contribution in [-0.4, -0.2) is 48.0 Å². The lowest BCUT2D eigenvalue weighted by Gasteiger charge is -2.19. The van der Waals surface area contributed by atoms with Crippen LogP contribution in [0.2, 0.25) is 0 Å². The standard InChI is InChI=1S/C13H22N4OS/c1-2-17(10-3-4-10)8-7-15-13(18)11-9-19-12(16-11)5-6-14/h9-10H,2-8,14H2,1H3,(H,15,18). The van der Waals surface area contributed by atoms with Gasteiger partial charge in [-0.1, -0.05) is 6.92 Å². The molecule has 5 nitrogen and oxygen atoms in total. The highest BCUT2D eigenvalue weighted by Crippen LogP contribution is 2.25. The molecule has 0 bridgehead atoms. The van der Waals surface area contributed by atoms with Crippen LogP contribution in [0.15, 0.2) is 5.38 Å². The first kappa shape index (κ1) is 14.4. The average Bonchev–Trinajstić information content (AvgIpc) is 3.14. The predicted octanol–water partition coefficient (Wildman–Crippen LogP) is 0.858. The normalized spacial score (nSPS) is 14.9. The molecule has 0 aliphatic heterocycles. The van der Waals surface area contributed by atoms with Gasteiger partial charge in [0.25, 0.3) is 5.91 Å². The summed E-state index contributed by atoms with van der Waals surface area (Å²) in [6.45, 7) is 5.40. The van der Waals surface area contributed by atoms with Crippen molar-refractivity contribution in [3.63, 3.8) is 0 Å². The van der Waals surface area contributed by atoms with Gasteiger partial charge >= 0.3 is 0 Å². The minimum Gasteiger partial charge on any atom is -0.349 e. The van der Waals surface area contributed by atoms with Gasteiger partial charge in [0.2, 0.25) is 0 Å². The lowest BCUT2D eigenvalue weighted by atomic mass is 10.4. The number of nitrogens with zero attached hydrogens (tertiary/aromatic N) is 2. The van der Waals surface area contributed by atoms with Gasteiger partial charge in [0.15, 0.2) is 0 Å². The van der Waals surface area contributed by atoms with E-state index >= 15 is 0 Å². The molecule has 106 valence electrons. The summed E-state index contributed by atoms with van der Waals surface area (Å²) in [6.07, 6.45) is 3.34. The molecule has 1 aromatic rings. The minimum atomic E-state index is -0.0774. The number of nitrogens with one attached hydrogen (secondary N) is 1. The number of hydrogen-bond acceptors (Lipinski definition) is 5. The van der Waals surface area contributed by atoms with Crippen molar-refractivity contribution in [1.29, 1.82) is 0 Å². The second kappa shape index (κ2) is 6.98. The van der Waals surface area contributed by atoms with E-state index in [1.54, 1.807) is 5.38 Å². The van der Waals surface area contributed by atoms with E-state index < -0.39 is 0 Å². The van der Waals surface area contributed by atoms with Crippen molar-refractivity contribution in [1.82, 2.24) is 15.2 Å². The third-order valence-corrected chi connectivity index (χ3v) is 4.21. The van der Waals surface area contributed by atoms with Crippen molar-refractivity contribution in [3.8, 4) is 0 Å². The SMILES string of the molecule is CCN(CCNC(=O)c1csc(CCN)n1)C1CC1. The van der Waals surface area contributed by atoms with Crippen molar-refractivity contribution in [2.24, 2.45) is 5.73 Å². The van der Waals surface area contributed by atoms with E-state index in [0.29, 0.717) is 18.8 Å². The number of hydrogen-bond donors (Lipinski definition) is 2. The largest absolute Gasteiger partial charge is 0.349 e. The molecule has 1 aliphatic rings. The molecule has 0 aromatic carbocycles. The van der Waals surface area contributed by atoms with Crippen LogP contribution in [0.5, 0.6) is 0 Å². The zero-order valence-corrected chi connectivity index (χ0v) is 12.2. The number of thiazole rings is 1. The van der Waals surface area contributed by atoms with E-state index in [-0.39, 0.29) is 5.91 Å². The number of amides is 1. The maximum atomic E-state index is 11.9. The molecular formula is C13H22N4OS. The van der Waals surface area contributed by atoms with Gasteiger partial charge in [0.1, 0.15) is 5.69 Å². The molecule has 6 heteroatoms. The molecule has 19 heavy (non-hydrogen) atoms. The number of carbonyl (C=O) groups is 1. The highest BCUT2D eigenvalue weighted by Gasteiger charge is 2.27. The molecule has 0 atom stereocenters. The molecule has 0 unspecified atom stereocenters. The molecule has 2 rings (SSSR count). The Kier molecular flexibility index (Phi) is 5.30. The first-order valence-electron chi connectivity index (χ1n) is 6.91. The first-order chi connectivity index (χ1) is 9.24. The molecule has 1 heterocycles. The summed E-state index contributed by atoms with van der Waals surface area (Å²) < 4.78 is 0. The summed E-state index contributed by atoms with van der Waals surface area (Å²) in [5, 5.41) is 5.67. The van der Waals surface area contributed by atoms with Gasteiger partial charge in [-0.05, 0) is 25.9 Å². The van der Waals surface area contributed by atoms with Crippen LogP contribution in [-0.2, 0) is 6.42 Å². The Bertz CT molecular complexity index is 417. The van der Waals surface area contributed by atoms with Gasteiger partial charge in [0.05, 0.1) is 5.01 Å². The van der Waals surface area contributed by atoms with E-state index in [9.17, 15) is 4.79 Å². The Morgan fingerprint density at radius 3 is 3.05 bits per heavy atom. The number of aromatic nitrogens is 1. The molecule has 3 N–H and O–H groups in total. The molecule has 1 aromatic heterocycles. The zero-order chi connectivity index (χ0) is 13.7. The van der Waals surface area contributed by atoms with Crippen molar-refractivity contribution in [2.45, 2.75) is 32.2 Å². The lowest BCUT2D eigenvalue weighted by Crippen LogP contribution is -2.36. The number of nitrogens with two attached hydrogens (primary N) is 1. The third-order valence-electron chi connectivity index (χ3n) is 3.30. The zero-order valence-electron chi connectivity index (χ0n) is 11.4. The molecule has 1 saturated carbocycles. The Labute approximate surface area is 118 Å². The van der Waals surface area contributed by atoms with Crippen LogP contribution in [0.3, 0.4) is 0 Å². The van der Waals surface area contributed by atoms with Gasteiger partial charge in [-0.3, -0.25) is 9.69 Å². The third kappa shape index (κ3) is 4.26. The average molecular weight is 282 g/mol. The van der Waals surface area contributed by atoms with E-state index in [4.69, 9.17) is 5.73 Å². The summed E-state index contributed by atoms with van der Waals surface area (Å²) >= 11 is 1.50. The van der Waals surface area contributed by atoms with Crippen LogP contribution in [0.1, 0.15) is 35.3 Å². The van der Waals surface area contributed by atoms with Crippen LogP contribution >= 0.6 is 11.3 Å². The van der Waals surface area contributed by atoms with Crippen molar-refractivity contribution in [2.75, 3.05) is 26.2 Å². The minimum absolute atomic E-state index is 0.0774. The van der Waals surface area contributed by atoms with Crippen LogP contribution in [0.4, 0.5) is 0 Å². The Balaban J connectivity index is 1.73. The molecule has 0 saturated heterocycles. The molecule has 1 aliphatic carbocycles. The first-order valence-corrected chi connectivity index (χ1v) is 7.79. The monoisotopic (exact) mass is 282 g/mol. The number of carbonyl (C=O) groups excluding carboxylic acids is 1. The van der Waals surface area contributed by atoms with E-state index in [2.05, 4.69) is 22.1 Å². The maximum Gasteiger partial charge on any atom is 0.270 e. The molecular weight excluding hydrogens is 260 g/mol. The highest BCUT2D eigenvalue weighted by molar-refractivity contribution is 7.09. The van der Waals surface area contributed by atoms with E-state index in [1.165, 1.54) is 24.2 Å². The highest BCUT2D eigenvalue weighted by atomic mass is 32.1. The second-order valence-electron chi connectivity index (χ2n) is 4.78. The van der Waals surface area contributed by atoms with Crippen molar-refractivity contribution >= 4 is 17.2 Å². The topological polar surface area (TPSA) is 71.2 Å². The van der Waals surface area contributed by atoms with Crippen LogP contribution < -0.4 is 11.1 Å². The maximum absolute atomic E-state index is 11.9. The van der Waals surface area contributed by atoms with Crippen LogP contribution in [0, 0.1) is 0 Å². The smallest absolute Gasteiger partial charge is 0.270 e. The fraction of sp³-hybridized carbons (Fsp3) is 0.692. The Hall–Kier alpha value is -0.980. The molecule has 0 spiro atoms.